The molecule has 5 nitrogen and oxygen atoms in total. The average Bonchev–Trinajstić information content (AvgIpc) is 2.86. The number of esters is 1. The van der Waals surface area contributed by atoms with Crippen LogP contribution in [0.25, 0.3) is 0 Å². The quantitative estimate of drug-likeness (QED) is 0.468. The number of nitrogens with zero attached hydrogens (tertiary/aromatic N) is 1. The summed E-state index contributed by atoms with van der Waals surface area (Å²) in [6.07, 6.45) is 0.330. The second-order valence-electron chi connectivity index (χ2n) is 3.26. The van der Waals surface area contributed by atoms with Crippen molar-refractivity contribution in [1.82, 2.24) is 10.6 Å². The predicted octanol–water partition coefficient (Wildman–Crippen LogP) is 0.976. The number of hydrogen-bond donors (Lipinski definition) is 2. The lowest BCUT2D eigenvalue weighted by atomic mass is 10.4. The molecule has 0 saturated heterocycles. The standard InChI is InChI=1S/C11H17N3O2S/c1-12-11(13-6-5-10(15)16-2)14-8-9-4-3-7-17-9/h3-4,7H,5-6,8H2,1-2H3,(H2,12,13,14). The van der Waals surface area contributed by atoms with Crippen molar-refractivity contribution in [1.29, 1.82) is 0 Å². The Morgan fingerprint density at radius 3 is 2.94 bits per heavy atom. The molecule has 6 heteroatoms. The minimum atomic E-state index is -0.230. The summed E-state index contributed by atoms with van der Waals surface area (Å²) in [6.45, 7) is 1.24. The minimum absolute atomic E-state index is 0.230. The lowest BCUT2D eigenvalue weighted by Gasteiger charge is -2.10. The van der Waals surface area contributed by atoms with Gasteiger partial charge in [0.2, 0.25) is 0 Å². The van der Waals surface area contributed by atoms with Crippen molar-refractivity contribution in [2.75, 3.05) is 20.7 Å². The summed E-state index contributed by atoms with van der Waals surface area (Å²) in [4.78, 5) is 16.2. The summed E-state index contributed by atoms with van der Waals surface area (Å²) in [5, 5.41) is 8.23. The van der Waals surface area contributed by atoms with Gasteiger partial charge in [0.25, 0.3) is 0 Å². The van der Waals surface area contributed by atoms with Crippen molar-refractivity contribution >= 4 is 23.3 Å². The summed E-state index contributed by atoms with van der Waals surface area (Å²) >= 11 is 1.69. The zero-order valence-corrected chi connectivity index (χ0v) is 10.8. The summed E-state index contributed by atoms with van der Waals surface area (Å²) in [7, 11) is 3.08. The Labute approximate surface area is 105 Å². The van der Waals surface area contributed by atoms with E-state index in [1.165, 1.54) is 12.0 Å². The Morgan fingerprint density at radius 2 is 2.35 bits per heavy atom. The number of ether oxygens (including phenoxy) is 1. The molecule has 0 saturated carbocycles. The van der Waals surface area contributed by atoms with Gasteiger partial charge in [-0.1, -0.05) is 6.07 Å². The minimum Gasteiger partial charge on any atom is -0.469 e. The molecule has 1 heterocycles. The first-order valence-corrected chi connectivity index (χ1v) is 6.18. The molecule has 0 bridgehead atoms. The highest BCUT2D eigenvalue weighted by Gasteiger charge is 2.02. The van der Waals surface area contributed by atoms with Crippen LogP contribution in [-0.4, -0.2) is 32.6 Å². The van der Waals surface area contributed by atoms with E-state index >= 15 is 0 Å². The second kappa shape index (κ2) is 7.67. The van der Waals surface area contributed by atoms with E-state index in [1.54, 1.807) is 18.4 Å². The molecule has 0 amide bonds. The van der Waals surface area contributed by atoms with Crippen LogP contribution in [-0.2, 0) is 16.1 Å². The van der Waals surface area contributed by atoms with Gasteiger partial charge in [0.05, 0.1) is 20.1 Å². The number of carbonyl (C=O) groups excluding carboxylic acids is 1. The van der Waals surface area contributed by atoms with Gasteiger partial charge in [-0.05, 0) is 11.4 Å². The van der Waals surface area contributed by atoms with Crippen LogP contribution in [0.4, 0.5) is 0 Å². The van der Waals surface area contributed by atoms with Gasteiger partial charge in [0.15, 0.2) is 5.96 Å². The normalized spacial score (nSPS) is 11.1. The van der Waals surface area contributed by atoms with Crippen molar-refractivity contribution in [2.45, 2.75) is 13.0 Å². The van der Waals surface area contributed by atoms with E-state index in [2.05, 4.69) is 26.4 Å². The van der Waals surface area contributed by atoms with E-state index in [9.17, 15) is 4.79 Å². The summed E-state index contributed by atoms with van der Waals surface area (Å²) in [5.41, 5.74) is 0. The van der Waals surface area contributed by atoms with Gasteiger partial charge in [-0.3, -0.25) is 9.79 Å². The highest BCUT2D eigenvalue weighted by atomic mass is 32.1. The van der Waals surface area contributed by atoms with Crippen LogP contribution in [0, 0.1) is 0 Å². The molecule has 1 aromatic rings. The molecule has 1 rings (SSSR count). The summed E-state index contributed by atoms with van der Waals surface area (Å²) < 4.78 is 4.55. The largest absolute Gasteiger partial charge is 0.469 e. The number of rotatable bonds is 5. The molecule has 0 atom stereocenters. The van der Waals surface area contributed by atoms with E-state index < -0.39 is 0 Å². The Morgan fingerprint density at radius 1 is 1.53 bits per heavy atom. The maximum Gasteiger partial charge on any atom is 0.307 e. The molecule has 1 aromatic heterocycles. The third kappa shape index (κ3) is 5.35. The van der Waals surface area contributed by atoms with Gasteiger partial charge in [0.1, 0.15) is 0 Å². The van der Waals surface area contributed by atoms with Crippen LogP contribution in [0.15, 0.2) is 22.5 Å². The number of nitrogens with one attached hydrogen (secondary N) is 2. The maximum atomic E-state index is 10.9. The first kappa shape index (κ1) is 13.5. The lowest BCUT2D eigenvalue weighted by Crippen LogP contribution is -2.37. The van der Waals surface area contributed by atoms with Crippen LogP contribution in [0.2, 0.25) is 0 Å². The topological polar surface area (TPSA) is 62.7 Å². The van der Waals surface area contributed by atoms with Crippen LogP contribution in [0.5, 0.6) is 0 Å². The molecule has 0 aliphatic rings. The van der Waals surface area contributed by atoms with E-state index in [0.717, 1.165) is 6.54 Å². The van der Waals surface area contributed by atoms with Crippen LogP contribution in [0.3, 0.4) is 0 Å². The Bertz CT molecular complexity index is 363. The van der Waals surface area contributed by atoms with E-state index in [0.29, 0.717) is 18.9 Å². The highest BCUT2D eigenvalue weighted by molar-refractivity contribution is 7.09. The van der Waals surface area contributed by atoms with E-state index in [1.807, 2.05) is 11.4 Å². The van der Waals surface area contributed by atoms with Gasteiger partial charge in [-0.25, -0.2) is 0 Å². The monoisotopic (exact) mass is 255 g/mol. The molecule has 17 heavy (non-hydrogen) atoms. The Kier molecular flexibility index (Phi) is 6.09. The zero-order valence-electron chi connectivity index (χ0n) is 10.0. The summed E-state index contributed by atoms with van der Waals surface area (Å²) in [5.74, 6) is 0.452. The Balaban J connectivity index is 2.23. The zero-order chi connectivity index (χ0) is 12.5. The van der Waals surface area contributed by atoms with Crippen molar-refractivity contribution in [3.63, 3.8) is 0 Å². The van der Waals surface area contributed by atoms with Crippen molar-refractivity contribution in [2.24, 2.45) is 4.99 Å². The molecule has 0 aliphatic heterocycles. The summed E-state index contributed by atoms with van der Waals surface area (Å²) in [6, 6.07) is 4.06. The van der Waals surface area contributed by atoms with Crippen molar-refractivity contribution in [3.05, 3.63) is 22.4 Å². The lowest BCUT2D eigenvalue weighted by molar-refractivity contribution is -0.140. The smallest absolute Gasteiger partial charge is 0.307 e. The molecule has 0 spiro atoms. The second-order valence-corrected chi connectivity index (χ2v) is 4.29. The molecule has 0 aliphatic carbocycles. The van der Waals surface area contributed by atoms with Crippen molar-refractivity contribution < 1.29 is 9.53 Å². The molecule has 2 N–H and O–H groups in total. The van der Waals surface area contributed by atoms with Gasteiger partial charge < -0.3 is 15.4 Å². The third-order valence-electron chi connectivity index (χ3n) is 2.08. The number of thiophene rings is 1. The third-order valence-corrected chi connectivity index (χ3v) is 2.96. The van der Waals surface area contributed by atoms with Crippen LogP contribution < -0.4 is 10.6 Å². The number of carbonyl (C=O) groups is 1. The predicted molar refractivity (Wildman–Crippen MR) is 69.2 cm³/mol. The highest BCUT2D eigenvalue weighted by Crippen LogP contribution is 2.06. The van der Waals surface area contributed by atoms with Gasteiger partial charge in [-0.2, -0.15) is 0 Å². The Hall–Kier alpha value is -1.56. The van der Waals surface area contributed by atoms with Gasteiger partial charge in [-0.15, -0.1) is 11.3 Å². The molecule has 0 fully saturated rings. The SMILES string of the molecule is CN=C(NCCC(=O)OC)NCc1cccs1. The van der Waals surface area contributed by atoms with E-state index in [-0.39, 0.29) is 5.97 Å². The average molecular weight is 255 g/mol. The molecule has 0 unspecified atom stereocenters. The number of methoxy groups -OCH3 is 1. The molecular weight excluding hydrogens is 238 g/mol. The van der Waals surface area contributed by atoms with E-state index in [4.69, 9.17) is 0 Å². The maximum absolute atomic E-state index is 10.9. The number of guanidine groups is 1. The molecule has 94 valence electrons. The molecule has 0 aromatic carbocycles. The number of hydrogen-bond acceptors (Lipinski definition) is 4. The molecular formula is C11H17N3O2S. The fourth-order valence-corrected chi connectivity index (χ4v) is 1.83. The first-order valence-electron chi connectivity index (χ1n) is 5.30. The first-order chi connectivity index (χ1) is 8.26. The van der Waals surface area contributed by atoms with Gasteiger partial charge in [0, 0.05) is 18.5 Å². The van der Waals surface area contributed by atoms with Crippen molar-refractivity contribution in [3.8, 4) is 0 Å². The van der Waals surface area contributed by atoms with Gasteiger partial charge >= 0.3 is 5.97 Å². The fourth-order valence-electron chi connectivity index (χ4n) is 1.19. The van der Waals surface area contributed by atoms with Crippen LogP contribution >= 0.6 is 11.3 Å². The van der Waals surface area contributed by atoms with Crippen LogP contribution in [0.1, 0.15) is 11.3 Å². The fraction of sp³-hybridized carbons (Fsp3) is 0.455. The number of aliphatic imine (C=N–C) groups is 1. The molecule has 0 radical (unpaired) electrons.